The average Bonchev–Trinajstić information content (AvgIpc) is 2.88. The summed E-state index contributed by atoms with van der Waals surface area (Å²) in [6, 6.07) is 6.52. The minimum atomic E-state index is -0.489. The molecule has 1 unspecified atom stereocenters. The van der Waals surface area contributed by atoms with Gasteiger partial charge in [-0.05, 0) is 24.1 Å². The van der Waals surface area contributed by atoms with Crippen LogP contribution in [0.25, 0.3) is 0 Å². The number of aromatic nitrogens is 2. The lowest BCUT2D eigenvalue weighted by molar-refractivity contribution is 0.622. The number of imidazole rings is 1. The van der Waals surface area contributed by atoms with E-state index >= 15 is 0 Å². The van der Waals surface area contributed by atoms with E-state index in [0.717, 1.165) is 24.1 Å². The summed E-state index contributed by atoms with van der Waals surface area (Å²) >= 11 is 0. The number of nitrogens with two attached hydrogens (primary N) is 1. The molecule has 0 amide bonds. The molecule has 0 saturated carbocycles. The molecule has 0 radical (unpaired) electrons. The Hall–Kier alpha value is -2.19. The van der Waals surface area contributed by atoms with Crippen molar-refractivity contribution in [2.24, 2.45) is 5.73 Å². The van der Waals surface area contributed by atoms with Crippen molar-refractivity contribution in [3.63, 3.8) is 0 Å². The van der Waals surface area contributed by atoms with Crippen molar-refractivity contribution in [1.29, 1.82) is 5.26 Å². The van der Waals surface area contributed by atoms with Gasteiger partial charge in [0.15, 0.2) is 0 Å². The standard InChI is InChI=1S/C15H17FN4/c1-2-13(18)6-14-9-20(10-19-14)8-11-3-4-15(16)12(5-11)7-17/h3-5,9-10,13H,2,6,8,18H2,1H3. The second kappa shape index (κ2) is 6.31. The van der Waals surface area contributed by atoms with Gasteiger partial charge in [-0.3, -0.25) is 0 Å². The van der Waals surface area contributed by atoms with Crippen LogP contribution in [0, 0.1) is 17.1 Å². The molecule has 0 bridgehead atoms. The molecular weight excluding hydrogens is 255 g/mol. The molecule has 2 aromatic rings. The molecule has 4 nitrogen and oxygen atoms in total. The summed E-state index contributed by atoms with van der Waals surface area (Å²) < 4.78 is 15.1. The van der Waals surface area contributed by atoms with Gasteiger partial charge in [0.1, 0.15) is 11.9 Å². The number of nitrogens with zero attached hydrogens (tertiary/aromatic N) is 3. The van der Waals surface area contributed by atoms with E-state index in [1.54, 1.807) is 18.5 Å². The number of nitriles is 1. The molecule has 0 aliphatic heterocycles. The Morgan fingerprint density at radius 2 is 2.30 bits per heavy atom. The fraction of sp³-hybridized carbons (Fsp3) is 0.333. The van der Waals surface area contributed by atoms with Crippen molar-refractivity contribution in [3.8, 4) is 6.07 Å². The number of hydrogen-bond donors (Lipinski definition) is 1. The maximum Gasteiger partial charge on any atom is 0.140 e. The third-order valence-electron chi connectivity index (χ3n) is 3.20. The molecule has 0 aliphatic rings. The SMILES string of the molecule is CCC(N)Cc1cn(Cc2ccc(F)c(C#N)c2)cn1. The second-order valence-electron chi connectivity index (χ2n) is 4.84. The summed E-state index contributed by atoms with van der Waals surface area (Å²) in [5, 5.41) is 8.82. The van der Waals surface area contributed by atoms with Crippen molar-refractivity contribution >= 4 is 0 Å². The van der Waals surface area contributed by atoms with Crippen molar-refractivity contribution in [1.82, 2.24) is 9.55 Å². The highest BCUT2D eigenvalue weighted by Gasteiger charge is 2.06. The molecule has 0 spiro atoms. The van der Waals surface area contributed by atoms with E-state index in [4.69, 9.17) is 11.0 Å². The first-order chi connectivity index (χ1) is 9.62. The van der Waals surface area contributed by atoms with Gasteiger partial charge in [-0.25, -0.2) is 9.37 Å². The normalized spacial score (nSPS) is 12.1. The van der Waals surface area contributed by atoms with Crippen LogP contribution in [-0.4, -0.2) is 15.6 Å². The van der Waals surface area contributed by atoms with E-state index in [1.807, 2.05) is 23.8 Å². The zero-order chi connectivity index (χ0) is 14.5. The molecule has 5 heteroatoms. The molecular formula is C15H17FN4. The molecule has 0 fully saturated rings. The Labute approximate surface area is 117 Å². The number of halogens is 1. The van der Waals surface area contributed by atoms with Gasteiger partial charge in [-0.1, -0.05) is 13.0 Å². The molecule has 104 valence electrons. The van der Waals surface area contributed by atoms with Crippen LogP contribution in [-0.2, 0) is 13.0 Å². The number of hydrogen-bond acceptors (Lipinski definition) is 3. The minimum absolute atomic E-state index is 0.0656. The van der Waals surface area contributed by atoms with Gasteiger partial charge in [0.2, 0.25) is 0 Å². The predicted octanol–water partition coefficient (Wildman–Crippen LogP) is 2.22. The summed E-state index contributed by atoms with van der Waals surface area (Å²) in [4.78, 5) is 4.30. The lowest BCUT2D eigenvalue weighted by Gasteiger charge is -2.05. The van der Waals surface area contributed by atoms with Gasteiger partial charge in [0.25, 0.3) is 0 Å². The van der Waals surface area contributed by atoms with E-state index in [1.165, 1.54) is 6.07 Å². The van der Waals surface area contributed by atoms with Gasteiger partial charge in [-0.15, -0.1) is 0 Å². The molecule has 2 rings (SSSR count). The van der Waals surface area contributed by atoms with Crippen LogP contribution < -0.4 is 5.73 Å². The van der Waals surface area contributed by atoms with E-state index in [9.17, 15) is 4.39 Å². The molecule has 1 heterocycles. The minimum Gasteiger partial charge on any atom is -0.333 e. The van der Waals surface area contributed by atoms with Crippen molar-refractivity contribution < 1.29 is 4.39 Å². The topological polar surface area (TPSA) is 67.6 Å². The highest BCUT2D eigenvalue weighted by atomic mass is 19.1. The third kappa shape index (κ3) is 3.43. The first kappa shape index (κ1) is 14.2. The average molecular weight is 272 g/mol. The van der Waals surface area contributed by atoms with Crippen LogP contribution >= 0.6 is 0 Å². The van der Waals surface area contributed by atoms with Crippen molar-refractivity contribution in [2.75, 3.05) is 0 Å². The summed E-state index contributed by atoms with van der Waals surface area (Å²) in [5.41, 5.74) is 7.77. The lowest BCUT2D eigenvalue weighted by atomic mass is 10.1. The number of rotatable bonds is 5. The van der Waals surface area contributed by atoms with E-state index < -0.39 is 5.82 Å². The van der Waals surface area contributed by atoms with Crippen LogP contribution in [0.3, 0.4) is 0 Å². The van der Waals surface area contributed by atoms with Gasteiger partial charge in [0, 0.05) is 25.2 Å². The zero-order valence-electron chi connectivity index (χ0n) is 11.4. The lowest BCUT2D eigenvalue weighted by Crippen LogP contribution is -2.21. The molecule has 2 N–H and O–H groups in total. The van der Waals surface area contributed by atoms with E-state index in [0.29, 0.717) is 6.54 Å². The Morgan fingerprint density at radius 1 is 1.50 bits per heavy atom. The highest BCUT2D eigenvalue weighted by Crippen LogP contribution is 2.11. The fourth-order valence-corrected chi connectivity index (χ4v) is 1.98. The molecule has 1 aromatic heterocycles. The molecule has 1 aromatic carbocycles. The Morgan fingerprint density at radius 3 is 3.00 bits per heavy atom. The summed E-state index contributed by atoms with van der Waals surface area (Å²) in [6.45, 7) is 2.60. The Kier molecular flexibility index (Phi) is 4.49. The fourth-order valence-electron chi connectivity index (χ4n) is 1.98. The quantitative estimate of drug-likeness (QED) is 0.907. The van der Waals surface area contributed by atoms with Gasteiger partial charge < -0.3 is 10.3 Å². The first-order valence-electron chi connectivity index (χ1n) is 6.57. The second-order valence-corrected chi connectivity index (χ2v) is 4.84. The molecule has 0 aliphatic carbocycles. The molecule has 0 saturated heterocycles. The van der Waals surface area contributed by atoms with Gasteiger partial charge in [-0.2, -0.15) is 5.26 Å². The van der Waals surface area contributed by atoms with Crippen molar-refractivity contribution in [3.05, 3.63) is 53.4 Å². The van der Waals surface area contributed by atoms with Crippen LogP contribution in [0.2, 0.25) is 0 Å². The maximum atomic E-state index is 13.2. The van der Waals surface area contributed by atoms with Gasteiger partial charge in [0.05, 0.1) is 17.6 Å². The predicted molar refractivity (Wildman–Crippen MR) is 74.4 cm³/mol. The zero-order valence-corrected chi connectivity index (χ0v) is 11.4. The molecule has 1 atom stereocenters. The van der Waals surface area contributed by atoms with Crippen LogP contribution in [0.15, 0.2) is 30.7 Å². The number of benzene rings is 1. The third-order valence-corrected chi connectivity index (χ3v) is 3.20. The highest BCUT2D eigenvalue weighted by molar-refractivity contribution is 5.34. The summed E-state index contributed by atoms with van der Waals surface area (Å²) in [7, 11) is 0. The monoisotopic (exact) mass is 272 g/mol. The molecule has 20 heavy (non-hydrogen) atoms. The van der Waals surface area contributed by atoms with E-state index in [2.05, 4.69) is 4.98 Å². The van der Waals surface area contributed by atoms with Gasteiger partial charge >= 0.3 is 0 Å². The van der Waals surface area contributed by atoms with Crippen LogP contribution in [0.4, 0.5) is 4.39 Å². The van der Waals surface area contributed by atoms with Crippen LogP contribution in [0.5, 0.6) is 0 Å². The first-order valence-corrected chi connectivity index (χ1v) is 6.57. The largest absolute Gasteiger partial charge is 0.333 e. The maximum absolute atomic E-state index is 13.2. The van der Waals surface area contributed by atoms with Crippen molar-refractivity contribution in [2.45, 2.75) is 32.4 Å². The van der Waals surface area contributed by atoms with Crippen LogP contribution in [0.1, 0.15) is 30.2 Å². The smallest absolute Gasteiger partial charge is 0.140 e. The summed E-state index contributed by atoms with van der Waals surface area (Å²) in [5.74, 6) is -0.489. The van der Waals surface area contributed by atoms with E-state index in [-0.39, 0.29) is 11.6 Å². The Bertz CT molecular complexity index is 627. The Balaban J connectivity index is 2.09. The summed E-state index contributed by atoms with van der Waals surface area (Å²) in [6.07, 6.45) is 5.32.